The lowest BCUT2D eigenvalue weighted by Crippen LogP contribution is -2.31. The number of nitrogens with zero attached hydrogens (tertiary/aromatic N) is 1. The summed E-state index contributed by atoms with van der Waals surface area (Å²) in [6.45, 7) is 1.28. The second-order valence-corrected chi connectivity index (χ2v) is 7.58. The molecule has 170 valence electrons. The van der Waals surface area contributed by atoms with Gasteiger partial charge in [-0.25, -0.2) is 4.79 Å². The van der Waals surface area contributed by atoms with Gasteiger partial charge in [0.05, 0.1) is 31.3 Å². The minimum absolute atomic E-state index is 0.104. The molecule has 1 N–H and O–H groups in total. The number of carbonyl (C=O) groups is 2. The number of ether oxygens (including phenoxy) is 3. The molecule has 1 atom stereocenters. The summed E-state index contributed by atoms with van der Waals surface area (Å²) in [6, 6.07) is 8.17. The van der Waals surface area contributed by atoms with Crippen LogP contribution in [-0.2, 0) is 22.4 Å². The number of esters is 1. The van der Waals surface area contributed by atoms with Crippen molar-refractivity contribution in [2.75, 3.05) is 20.8 Å². The molecule has 9 heteroatoms. The smallest absolute Gasteiger partial charge is 0.345 e. The van der Waals surface area contributed by atoms with E-state index in [9.17, 15) is 19.7 Å². The van der Waals surface area contributed by atoms with Gasteiger partial charge < -0.3 is 19.5 Å². The molecular weight excluding hydrogens is 416 g/mol. The number of nitrogens with one attached hydrogen (secondary N) is 1. The number of rotatable bonds is 8. The Labute approximate surface area is 185 Å². The van der Waals surface area contributed by atoms with Gasteiger partial charge in [-0.1, -0.05) is 18.2 Å². The number of aryl methyl sites for hydroxylation is 2. The van der Waals surface area contributed by atoms with Crippen molar-refractivity contribution in [1.29, 1.82) is 0 Å². The molecule has 1 unspecified atom stereocenters. The number of amides is 1. The molecule has 2 aromatic rings. The van der Waals surface area contributed by atoms with Crippen LogP contribution in [0.4, 0.5) is 5.69 Å². The molecule has 0 bridgehead atoms. The second kappa shape index (κ2) is 10.1. The first-order valence-electron chi connectivity index (χ1n) is 10.3. The fourth-order valence-corrected chi connectivity index (χ4v) is 3.78. The van der Waals surface area contributed by atoms with Crippen molar-refractivity contribution in [1.82, 2.24) is 5.32 Å². The number of carbonyl (C=O) groups excluding carboxylic acids is 2. The van der Waals surface area contributed by atoms with Crippen LogP contribution in [0.25, 0.3) is 0 Å². The van der Waals surface area contributed by atoms with E-state index in [1.807, 2.05) is 13.0 Å². The fourth-order valence-electron chi connectivity index (χ4n) is 3.78. The van der Waals surface area contributed by atoms with Crippen LogP contribution in [0.5, 0.6) is 11.5 Å². The molecule has 32 heavy (non-hydrogen) atoms. The third-order valence-electron chi connectivity index (χ3n) is 5.50. The molecule has 0 heterocycles. The van der Waals surface area contributed by atoms with Crippen LogP contribution in [-0.4, -0.2) is 37.6 Å². The molecule has 0 radical (unpaired) electrons. The number of hydrogen-bond acceptors (Lipinski definition) is 7. The molecule has 2 aromatic carbocycles. The lowest BCUT2D eigenvalue weighted by molar-refractivity contribution is -0.385. The van der Waals surface area contributed by atoms with Crippen LogP contribution in [0.3, 0.4) is 0 Å². The maximum absolute atomic E-state index is 12.5. The lowest BCUT2D eigenvalue weighted by atomic mass is 9.89. The highest BCUT2D eigenvalue weighted by atomic mass is 16.6. The number of fused-ring (bicyclic) bond motifs is 1. The molecule has 1 aliphatic rings. The van der Waals surface area contributed by atoms with Gasteiger partial charge in [0.2, 0.25) is 0 Å². The molecular formula is C23H26N2O7. The van der Waals surface area contributed by atoms with Crippen LogP contribution < -0.4 is 14.8 Å². The zero-order valence-corrected chi connectivity index (χ0v) is 18.3. The maximum atomic E-state index is 12.5. The summed E-state index contributed by atoms with van der Waals surface area (Å²) in [5.74, 6) is -1.27. The lowest BCUT2D eigenvalue weighted by Gasteiger charge is -2.20. The predicted molar refractivity (Wildman–Crippen MR) is 116 cm³/mol. The highest BCUT2D eigenvalue weighted by Crippen LogP contribution is 2.34. The van der Waals surface area contributed by atoms with Gasteiger partial charge in [-0.3, -0.25) is 14.9 Å². The average Bonchev–Trinajstić information content (AvgIpc) is 2.81. The zero-order chi connectivity index (χ0) is 23.3. The zero-order valence-electron chi connectivity index (χ0n) is 18.3. The highest BCUT2D eigenvalue weighted by molar-refractivity contribution is 5.96. The predicted octanol–water partition coefficient (Wildman–Crippen LogP) is 3.53. The Morgan fingerprint density at radius 3 is 2.38 bits per heavy atom. The number of hydrogen-bond donors (Lipinski definition) is 1. The van der Waals surface area contributed by atoms with Gasteiger partial charge in [-0.15, -0.1) is 0 Å². The normalized spacial score (nSPS) is 13.5. The number of nitro groups is 1. The van der Waals surface area contributed by atoms with E-state index in [1.165, 1.54) is 31.8 Å². The molecule has 0 saturated carbocycles. The Balaban J connectivity index is 1.64. The second-order valence-electron chi connectivity index (χ2n) is 7.58. The van der Waals surface area contributed by atoms with Gasteiger partial charge in [-0.05, 0) is 49.3 Å². The standard InChI is InChI=1S/C23H26N2O7/c1-14(16-9-8-15-6-4-5-7-17(15)10-16)24-22(26)13-32-23(27)18-11-20(30-2)21(31-3)12-19(18)25(28)29/h8-12,14H,4-7,13H2,1-3H3,(H,24,26). The Kier molecular flexibility index (Phi) is 7.29. The molecule has 1 aliphatic carbocycles. The third kappa shape index (κ3) is 5.16. The van der Waals surface area contributed by atoms with Crippen molar-refractivity contribution in [3.8, 4) is 11.5 Å². The van der Waals surface area contributed by atoms with Crippen LogP contribution in [0.15, 0.2) is 30.3 Å². The minimum atomic E-state index is -1.01. The van der Waals surface area contributed by atoms with Crippen LogP contribution in [0.1, 0.15) is 52.9 Å². The molecule has 0 aromatic heterocycles. The van der Waals surface area contributed by atoms with Gasteiger partial charge in [0.1, 0.15) is 5.56 Å². The Morgan fingerprint density at radius 1 is 1.06 bits per heavy atom. The van der Waals surface area contributed by atoms with Gasteiger partial charge in [0.25, 0.3) is 11.6 Å². The van der Waals surface area contributed by atoms with Crippen molar-refractivity contribution in [3.05, 3.63) is 62.7 Å². The van der Waals surface area contributed by atoms with Crippen molar-refractivity contribution >= 4 is 17.6 Å². The van der Waals surface area contributed by atoms with Crippen LogP contribution >= 0.6 is 0 Å². The van der Waals surface area contributed by atoms with E-state index in [0.29, 0.717) is 0 Å². The molecule has 0 aliphatic heterocycles. The van der Waals surface area contributed by atoms with Crippen LogP contribution in [0.2, 0.25) is 0 Å². The van der Waals surface area contributed by atoms with Gasteiger partial charge in [-0.2, -0.15) is 0 Å². The topological polar surface area (TPSA) is 117 Å². The van der Waals surface area contributed by atoms with E-state index in [4.69, 9.17) is 14.2 Å². The van der Waals surface area contributed by atoms with E-state index >= 15 is 0 Å². The first-order valence-corrected chi connectivity index (χ1v) is 10.3. The van der Waals surface area contributed by atoms with E-state index in [0.717, 1.165) is 37.0 Å². The number of nitro benzene ring substituents is 1. The first-order chi connectivity index (χ1) is 15.3. The summed E-state index contributed by atoms with van der Waals surface area (Å²) in [5, 5.41) is 14.2. The van der Waals surface area contributed by atoms with E-state index in [-0.39, 0.29) is 23.1 Å². The van der Waals surface area contributed by atoms with Gasteiger partial charge in [0.15, 0.2) is 18.1 Å². The summed E-state index contributed by atoms with van der Waals surface area (Å²) in [5.41, 5.74) is 2.80. The third-order valence-corrected chi connectivity index (χ3v) is 5.50. The average molecular weight is 442 g/mol. The SMILES string of the molecule is COc1cc(C(=O)OCC(=O)NC(C)c2ccc3c(c2)CCCC3)c([N+](=O)[O-])cc1OC. The number of methoxy groups -OCH3 is 2. The van der Waals surface area contributed by atoms with Crippen molar-refractivity contribution in [2.45, 2.75) is 38.6 Å². The Morgan fingerprint density at radius 2 is 1.72 bits per heavy atom. The Hall–Kier alpha value is -3.62. The molecule has 3 rings (SSSR count). The van der Waals surface area contributed by atoms with Crippen LogP contribution in [0, 0.1) is 10.1 Å². The van der Waals surface area contributed by atoms with E-state index in [2.05, 4.69) is 17.4 Å². The molecule has 1 amide bonds. The fraction of sp³-hybridized carbons (Fsp3) is 0.391. The Bertz CT molecular complexity index is 1040. The first kappa shape index (κ1) is 23.1. The molecule has 9 nitrogen and oxygen atoms in total. The monoisotopic (exact) mass is 442 g/mol. The summed E-state index contributed by atoms with van der Waals surface area (Å²) in [7, 11) is 2.67. The quantitative estimate of drug-likeness (QED) is 0.378. The van der Waals surface area contributed by atoms with E-state index < -0.39 is 29.1 Å². The molecule has 0 spiro atoms. The molecule has 0 fully saturated rings. The maximum Gasteiger partial charge on any atom is 0.345 e. The van der Waals surface area contributed by atoms with Gasteiger partial charge >= 0.3 is 5.97 Å². The number of benzene rings is 2. The van der Waals surface area contributed by atoms with Crippen molar-refractivity contribution < 1.29 is 28.7 Å². The largest absolute Gasteiger partial charge is 0.493 e. The minimum Gasteiger partial charge on any atom is -0.493 e. The summed E-state index contributed by atoms with van der Waals surface area (Å²) in [6.07, 6.45) is 4.47. The summed E-state index contributed by atoms with van der Waals surface area (Å²) >= 11 is 0. The summed E-state index contributed by atoms with van der Waals surface area (Å²) < 4.78 is 15.2. The van der Waals surface area contributed by atoms with E-state index in [1.54, 1.807) is 0 Å². The molecule has 0 saturated heterocycles. The summed E-state index contributed by atoms with van der Waals surface area (Å²) in [4.78, 5) is 35.4. The van der Waals surface area contributed by atoms with Crippen molar-refractivity contribution in [2.24, 2.45) is 0 Å². The highest BCUT2D eigenvalue weighted by Gasteiger charge is 2.26. The van der Waals surface area contributed by atoms with Gasteiger partial charge in [0, 0.05) is 6.07 Å². The van der Waals surface area contributed by atoms with Crippen molar-refractivity contribution in [3.63, 3.8) is 0 Å².